The zero-order chi connectivity index (χ0) is 19.1. The maximum Gasteiger partial charge on any atom is 0.339 e. The van der Waals surface area contributed by atoms with Gasteiger partial charge in [-0.2, -0.15) is 0 Å². The Morgan fingerprint density at radius 3 is 2.89 bits per heavy atom. The van der Waals surface area contributed by atoms with Gasteiger partial charge in [0.2, 0.25) is 0 Å². The Kier molecular flexibility index (Phi) is 4.36. The SMILES string of the molecule is COC(=O)c1cccc2c1N[C@H](c1ccc(Cl)c([N+](=O)[O-])c1)[C@H]1CC=C[C@H]21. The third-order valence-corrected chi connectivity index (χ3v) is 5.65. The van der Waals surface area contributed by atoms with Crippen molar-refractivity contribution >= 4 is 28.9 Å². The maximum atomic E-state index is 12.2. The first kappa shape index (κ1) is 17.5. The standard InChI is InChI=1S/C20H17ClN2O4/c1-27-20(24)15-7-3-6-14-12-4-2-5-13(12)18(22-19(14)15)11-8-9-16(21)17(10-11)23(25)26/h2-4,6-10,12-13,18,22H,5H2,1H3/t12-,13-,18+/m0/s1. The smallest absolute Gasteiger partial charge is 0.339 e. The number of fused-ring (bicyclic) bond motifs is 3. The summed E-state index contributed by atoms with van der Waals surface area (Å²) in [6.45, 7) is 0. The van der Waals surface area contributed by atoms with Crippen LogP contribution in [0.5, 0.6) is 0 Å². The first-order chi connectivity index (χ1) is 13.0. The van der Waals surface area contributed by atoms with E-state index in [0.29, 0.717) is 5.56 Å². The summed E-state index contributed by atoms with van der Waals surface area (Å²) in [6.07, 6.45) is 5.11. The quantitative estimate of drug-likeness (QED) is 0.353. The van der Waals surface area contributed by atoms with Crippen molar-refractivity contribution in [2.75, 3.05) is 12.4 Å². The van der Waals surface area contributed by atoms with Crippen molar-refractivity contribution in [3.63, 3.8) is 0 Å². The molecular weight excluding hydrogens is 368 g/mol. The van der Waals surface area contributed by atoms with Crippen LogP contribution >= 0.6 is 11.6 Å². The summed E-state index contributed by atoms with van der Waals surface area (Å²) < 4.78 is 4.92. The molecular formula is C20H17ClN2O4. The van der Waals surface area contributed by atoms with E-state index in [1.165, 1.54) is 13.2 Å². The summed E-state index contributed by atoms with van der Waals surface area (Å²) in [7, 11) is 1.35. The molecule has 0 amide bonds. The highest BCUT2D eigenvalue weighted by Gasteiger charge is 2.39. The molecule has 0 fully saturated rings. The van der Waals surface area contributed by atoms with E-state index in [2.05, 4.69) is 17.5 Å². The highest BCUT2D eigenvalue weighted by atomic mass is 35.5. The van der Waals surface area contributed by atoms with Gasteiger partial charge < -0.3 is 10.1 Å². The molecule has 2 aliphatic rings. The van der Waals surface area contributed by atoms with Gasteiger partial charge in [0.05, 0.1) is 29.3 Å². The number of hydrogen-bond donors (Lipinski definition) is 1. The van der Waals surface area contributed by atoms with Crippen LogP contribution in [-0.2, 0) is 4.74 Å². The van der Waals surface area contributed by atoms with Gasteiger partial charge >= 0.3 is 5.97 Å². The number of benzene rings is 2. The molecule has 27 heavy (non-hydrogen) atoms. The van der Waals surface area contributed by atoms with Crippen LogP contribution in [0.3, 0.4) is 0 Å². The number of esters is 1. The first-order valence-electron chi connectivity index (χ1n) is 8.59. The minimum Gasteiger partial charge on any atom is -0.465 e. The number of hydrogen-bond acceptors (Lipinski definition) is 5. The number of nitro groups is 1. The normalized spacial score (nSPS) is 22.5. The predicted octanol–water partition coefficient (Wildman–Crippen LogP) is 4.86. The molecule has 7 heteroatoms. The van der Waals surface area contributed by atoms with Crippen LogP contribution in [0.1, 0.15) is 39.9 Å². The molecule has 1 aliphatic carbocycles. The van der Waals surface area contributed by atoms with Gasteiger partial charge in [-0.05, 0) is 35.6 Å². The molecule has 4 rings (SSSR count). The van der Waals surface area contributed by atoms with Gasteiger partial charge in [-0.3, -0.25) is 10.1 Å². The van der Waals surface area contributed by atoms with E-state index < -0.39 is 10.9 Å². The molecule has 0 bridgehead atoms. The monoisotopic (exact) mass is 384 g/mol. The first-order valence-corrected chi connectivity index (χ1v) is 8.97. The summed E-state index contributed by atoms with van der Waals surface area (Å²) in [5.74, 6) is -0.0858. The summed E-state index contributed by atoms with van der Waals surface area (Å²) in [4.78, 5) is 23.0. The summed E-state index contributed by atoms with van der Waals surface area (Å²) in [5.41, 5.74) is 2.87. The number of ether oxygens (including phenoxy) is 1. The van der Waals surface area contributed by atoms with E-state index in [-0.39, 0.29) is 28.6 Å². The number of nitrogens with one attached hydrogen (secondary N) is 1. The number of halogens is 1. The van der Waals surface area contributed by atoms with Gasteiger partial charge in [-0.25, -0.2) is 4.79 Å². The molecule has 0 saturated carbocycles. The second-order valence-corrected chi connectivity index (χ2v) is 7.11. The second-order valence-electron chi connectivity index (χ2n) is 6.70. The Bertz CT molecular complexity index is 972. The van der Waals surface area contributed by atoms with Gasteiger partial charge in [0.1, 0.15) is 5.02 Å². The molecule has 0 aromatic heterocycles. The fourth-order valence-electron chi connectivity index (χ4n) is 4.09. The lowest BCUT2D eigenvalue weighted by Gasteiger charge is -2.38. The van der Waals surface area contributed by atoms with Crippen LogP contribution in [0.2, 0.25) is 5.02 Å². The fraction of sp³-hybridized carbons (Fsp3) is 0.250. The lowest BCUT2D eigenvalue weighted by atomic mass is 9.76. The summed E-state index contributed by atoms with van der Waals surface area (Å²) in [6, 6.07) is 10.3. The number of carbonyl (C=O) groups excluding carboxylic acids is 1. The van der Waals surface area contributed by atoms with Gasteiger partial charge in [-0.1, -0.05) is 42.0 Å². The topological polar surface area (TPSA) is 81.5 Å². The number of nitro benzene ring substituents is 1. The van der Waals surface area contributed by atoms with Gasteiger partial charge in [0.25, 0.3) is 5.69 Å². The number of rotatable bonds is 3. The second kappa shape index (κ2) is 6.70. The van der Waals surface area contributed by atoms with Crippen molar-refractivity contribution in [3.8, 4) is 0 Å². The van der Waals surface area contributed by atoms with Crippen LogP contribution in [0, 0.1) is 16.0 Å². The molecule has 1 aliphatic heterocycles. The molecule has 6 nitrogen and oxygen atoms in total. The minimum atomic E-state index is -0.479. The van der Waals surface area contributed by atoms with Crippen molar-refractivity contribution in [1.29, 1.82) is 0 Å². The zero-order valence-electron chi connectivity index (χ0n) is 14.5. The molecule has 0 saturated heterocycles. The highest BCUT2D eigenvalue weighted by molar-refractivity contribution is 6.32. The molecule has 0 radical (unpaired) electrons. The van der Waals surface area contributed by atoms with Crippen LogP contribution in [0.4, 0.5) is 11.4 Å². The Morgan fingerprint density at radius 1 is 1.33 bits per heavy atom. The van der Waals surface area contributed by atoms with Gasteiger partial charge in [0.15, 0.2) is 0 Å². The molecule has 3 atom stereocenters. The summed E-state index contributed by atoms with van der Waals surface area (Å²) >= 11 is 5.97. The van der Waals surface area contributed by atoms with Crippen molar-refractivity contribution in [2.45, 2.75) is 18.4 Å². The Labute approximate surface area is 160 Å². The number of methoxy groups -OCH3 is 1. The summed E-state index contributed by atoms with van der Waals surface area (Å²) in [5, 5.41) is 14.8. The average molecular weight is 385 g/mol. The van der Waals surface area contributed by atoms with E-state index in [0.717, 1.165) is 23.2 Å². The predicted molar refractivity (Wildman–Crippen MR) is 102 cm³/mol. The number of para-hydroxylation sites is 1. The molecule has 138 valence electrons. The van der Waals surface area contributed by atoms with Crippen LogP contribution in [0.25, 0.3) is 0 Å². The fourth-order valence-corrected chi connectivity index (χ4v) is 4.28. The minimum absolute atomic E-state index is 0.108. The van der Waals surface area contributed by atoms with Crippen LogP contribution < -0.4 is 5.32 Å². The maximum absolute atomic E-state index is 12.2. The lowest BCUT2D eigenvalue weighted by molar-refractivity contribution is -0.384. The lowest BCUT2D eigenvalue weighted by Crippen LogP contribution is -2.30. The number of anilines is 1. The molecule has 2 aromatic rings. The van der Waals surface area contributed by atoms with E-state index in [9.17, 15) is 14.9 Å². The van der Waals surface area contributed by atoms with E-state index >= 15 is 0 Å². The number of carbonyl (C=O) groups is 1. The Balaban J connectivity index is 1.83. The zero-order valence-corrected chi connectivity index (χ0v) is 15.3. The van der Waals surface area contributed by atoms with Crippen molar-refractivity contribution < 1.29 is 14.5 Å². The molecule has 0 spiro atoms. The van der Waals surface area contributed by atoms with Crippen molar-refractivity contribution in [3.05, 3.63) is 80.4 Å². The Hall–Kier alpha value is -2.86. The van der Waals surface area contributed by atoms with Crippen LogP contribution in [0.15, 0.2) is 48.6 Å². The number of nitrogens with zero attached hydrogens (tertiary/aromatic N) is 1. The van der Waals surface area contributed by atoms with E-state index in [4.69, 9.17) is 16.3 Å². The Morgan fingerprint density at radius 2 is 2.15 bits per heavy atom. The largest absolute Gasteiger partial charge is 0.465 e. The van der Waals surface area contributed by atoms with E-state index in [1.54, 1.807) is 18.2 Å². The third kappa shape index (κ3) is 2.86. The van der Waals surface area contributed by atoms with Crippen molar-refractivity contribution in [1.82, 2.24) is 0 Å². The van der Waals surface area contributed by atoms with Gasteiger partial charge in [-0.15, -0.1) is 0 Å². The van der Waals surface area contributed by atoms with E-state index in [1.807, 2.05) is 12.1 Å². The molecule has 1 heterocycles. The van der Waals surface area contributed by atoms with Gasteiger partial charge in [0, 0.05) is 12.0 Å². The molecule has 2 aromatic carbocycles. The van der Waals surface area contributed by atoms with Crippen LogP contribution in [-0.4, -0.2) is 18.0 Å². The van der Waals surface area contributed by atoms with Crippen molar-refractivity contribution in [2.24, 2.45) is 5.92 Å². The number of allylic oxidation sites excluding steroid dienone is 2. The molecule has 1 N–H and O–H groups in total. The third-order valence-electron chi connectivity index (χ3n) is 5.33. The molecule has 0 unspecified atom stereocenters. The average Bonchev–Trinajstić information content (AvgIpc) is 3.16. The highest BCUT2D eigenvalue weighted by Crippen LogP contribution is 2.51.